The largest absolute Gasteiger partial charge is 0.497 e. The molecule has 2 bridgehead atoms. The average molecular weight is 763 g/mol. The second kappa shape index (κ2) is 16.6. The van der Waals surface area contributed by atoms with Gasteiger partial charge >= 0.3 is 5.97 Å². The summed E-state index contributed by atoms with van der Waals surface area (Å²) >= 11 is 3.43. The number of hydrogen-bond donors (Lipinski definition) is 2. The van der Waals surface area contributed by atoms with Gasteiger partial charge in [0.25, 0.3) is 5.91 Å². The Bertz CT molecular complexity index is 1720. The number of nitrogens with zero attached hydrogens (tertiary/aromatic N) is 2. The summed E-state index contributed by atoms with van der Waals surface area (Å²) in [7, 11) is 3.21. The first kappa shape index (κ1) is 36.2. The summed E-state index contributed by atoms with van der Waals surface area (Å²) in [5.74, 6) is 1.71. The highest BCUT2D eigenvalue weighted by Crippen LogP contribution is 2.38. The van der Waals surface area contributed by atoms with Gasteiger partial charge in [-0.3, -0.25) is 14.4 Å². The molecular weight excluding hydrogens is 718 g/mol. The van der Waals surface area contributed by atoms with Gasteiger partial charge in [0.1, 0.15) is 36.2 Å². The fraction of sp³-hybridized carbons (Fsp3) is 0.410. The molecule has 3 aromatic carbocycles. The van der Waals surface area contributed by atoms with E-state index in [1.54, 1.807) is 19.1 Å². The number of methoxy groups -OCH3 is 2. The van der Waals surface area contributed by atoms with E-state index in [1.165, 1.54) is 0 Å². The summed E-state index contributed by atoms with van der Waals surface area (Å²) < 4.78 is 23.8. The number of carboxylic acid groups (broad SMARTS) is 1. The molecule has 3 aliphatic rings. The Morgan fingerprint density at radius 2 is 1.49 bits per heavy atom. The summed E-state index contributed by atoms with van der Waals surface area (Å²) in [5.41, 5.74) is 3.46. The maximum absolute atomic E-state index is 14.8. The van der Waals surface area contributed by atoms with Crippen LogP contribution in [-0.4, -0.2) is 91.3 Å². The zero-order valence-corrected chi connectivity index (χ0v) is 30.5. The number of nitrogens with one attached hydrogen (secondary N) is 1. The first-order chi connectivity index (χ1) is 24.7. The first-order valence-corrected chi connectivity index (χ1v) is 18.1. The van der Waals surface area contributed by atoms with Crippen LogP contribution < -0.4 is 24.3 Å². The van der Waals surface area contributed by atoms with E-state index in [2.05, 4.69) is 21.2 Å². The van der Waals surface area contributed by atoms with Gasteiger partial charge in [-0.25, -0.2) is 0 Å². The number of carboxylic acids is 1. The van der Waals surface area contributed by atoms with Crippen molar-refractivity contribution < 1.29 is 38.4 Å². The van der Waals surface area contributed by atoms with Crippen LogP contribution >= 0.6 is 15.9 Å². The van der Waals surface area contributed by atoms with Crippen molar-refractivity contribution >= 4 is 39.3 Å². The molecule has 1 unspecified atom stereocenters. The van der Waals surface area contributed by atoms with E-state index in [0.717, 1.165) is 39.8 Å². The van der Waals surface area contributed by atoms with E-state index in [9.17, 15) is 14.4 Å². The number of halogens is 1. The van der Waals surface area contributed by atoms with E-state index in [0.29, 0.717) is 62.1 Å². The number of fused-ring (bicyclic) bond motifs is 2. The lowest BCUT2D eigenvalue weighted by atomic mass is 9.82. The minimum atomic E-state index is -0.917. The van der Waals surface area contributed by atoms with Gasteiger partial charge in [-0.1, -0.05) is 28.1 Å². The number of carbonyl (C=O) groups is 3. The van der Waals surface area contributed by atoms with Crippen LogP contribution in [0.15, 0.2) is 76.8 Å². The Hall–Kier alpha value is -4.55. The van der Waals surface area contributed by atoms with Crippen LogP contribution in [0.1, 0.15) is 49.7 Å². The van der Waals surface area contributed by atoms with Crippen LogP contribution in [0.2, 0.25) is 0 Å². The van der Waals surface area contributed by atoms with Crippen molar-refractivity contribution in [2.45, 2.75) is 63.2 Å². The zero-order chi connectivity index (χ0) is 35.9. The standard InChI is InChI=1S/C39H44BrN3O8/c1-48-32-18-25(19-33(21-32)49-2)22-43(29-10-11-29)39(47)38-34(20-28-23-42(24-35(38)41-28)36(44)4-3-5-37(45)46)26-6-12-30(13-7-26)50-16-17-51-31-14-8-27(40)9-15-31/h6-9,12-15,18-19,21,28-29,35,41H,3-5,10-11,16-17,20,22-24H2,1-2H3,(H,45,46)/t28?,35-/m1/s1. The van der Waals surface area contributed by atoms with Gasteiger partial charge in [-0.15, -0.1) is 0 Å². The van der Waals surface area contributed by atoms with Crippen LogP contribution in [0.3, 0.4) is 0 Å². The molecule has 1 aliphatic carbocycles. The second-order valence-corrected chi connectivity index (χ2v) is 14.0. The molecule has 2 amide bonds. The minimum Gasteiger partial charge on any atom is -0.497 e. The van der Waals surface area contributed by atoms with E-state index in [1.807, 2.05) is 71.6 Å². The van der Waals surface area contributed by atoms with Gasteiger partial charge in [0, 0.05) is 60.7 Å². The molecule has 2 heterocycles. The highest BCUT2D eigenvalue weighted by atomic mass is 79.9. The molecule has 0 radical (unpaired) electrons. The lowest BCUT2D eigenvalue weighted by Gasteiger charge is -2.45. The molecule has 3 aromatic rings. The van der Waals surface area contributed by atoms with Crippen LogP contribution in [0.5, 0.6) is 23.0 Å². The van der Waals surface area contributed by atoms with Crippen molar-refractivity contribution in [2.75, 3.05) is 40.5 Å². The Morgan fingerprint density at radius 3 is 2.08 bits per heavy atom. The molecule has 2 atom stereocenters. The summed E-state index contributed by atoms with van der Waals surface area (Å²) in [5, 5.41) is 12.7. The Morgan fingerprint density at radius 1 is 0.863 bits per heavy atom. The number of benzene rings is 3. The lowest BCUT2D eigenvalue weighted by Crippen LogP contribution is -2.62. The molecule has 12 heteroatoms. The normalized spacial score (nSPS) is 18.2. The smallest absolute Gasteiger partial charge is 0.303 e. The van der Waals surface area contributed by atoms with Gasteiger partial charge < -0.3 is 39.2 Å². The van der Waals surface area contributed by atoms with E-state index in [-0.39, 0.29) is 49.2 Å². The first-order valence-electron chi connectivity index (χ1n) is 17.3. The Labute approximate surface area is 306 Å². The van der Waals surface area contributed by atoms with E-state index in [4.69, 9.17) is 24.1 Å². The number of ether oxygens (including phenoxy) is 4. The number of hydrogen-bond acceptors (Lipinski definition) is 8. The molecule has 0 spiro atoms. The van der Waals surface area contributed by atoms with Gasteiger partial charge in [-0.05, 0) is 90.9 Å². The fourth-order valence-corrected chi connectivity index (χ4v) is 7.05. The summed E-state index contributed by atoms with van der Waals surface area (Å²) in [6, 6.07) is 20.8. The van der Waals surface area contributed by atoms with Crippen molar-refractivity contribution in [3.63, 3.8) is 0 Å². The fourth-order valence-electron chi connectivity index (χ4n) is 6.78. The molecule has 2 fully saturated rings. The van der Waals surface area contributed by atoms with Crippen molar-refractivity contribution in [1.29, 1.82) is 0 Å². The highest BCUT2D eigenvalue weighted by Gasteiger charge is 2.43. The summed E-state index contributed by atoms with van der Waals surface area (Å²) in [6.45, 7) is 1.97. The van der Waals surface area contributed by atoms with E-state index < -0.39 is 5.97 Å². The highest BCUT2D eigenvalue weighted by molar-refractivity contribution is 9.10. The van der Waals surface area contributed by atoms with Gasteiger partial charge in [0.2, 0.25) is 5.91 Å². The van der Waals surface area contributed by atoms with Crippen LogP contribution in [0.4, 0.5) is 0 Å². The van der Waals surface area contributed by atoms with Crippen molar-refractivity contribution in [1.82, 2.24) is 15.1 Å². The maximum atomic E-state index is 14.8. The van der Waals surface area contributed by atoms with Crippen LogP contribution in [0, 0.1) is 0 Å². The topological polar surface area (TPSA) is 127 Å². The third kappa shape index (κ3) is 9.42. The number of rotatable bonds is 16. The monoisotopic (exact) mass is 761 g/mol. The molecule has 1 saturated carbocycles. The van der Waals surface area contributed by atoms with Gasteiger partial charge in [-0.2, -0.15) is 0 Å². The molecule has 51 heavy (non-hydrogen) atoms. The number of amides is 2. The quantitative estimate of drug-likeness (QED) is 0.177. The predicted octanol–water partition coefficient (Wildman–Crippen LogP) is 5.70. The van der Waals surface area contributed by atoms with Crippen molar-refractivity contribution in [3.05, 3.63) is 87.9 Å². The zero-order valence-electron chi connectivity index (χ0n) is 28.9. The molecule has 270 valence electrons. The predicted molar refractivity (Wildman–Crippen MR) is 195 cm³/mol. The van der Waals surface area contributed by atoms with Crippen molar-refractivity contribution in [3.8, 4) is 23.0 Å². The molecular formula is C39H44BrN3O8. The van der Waals surface area contributed by atoms with Crippen molar-refractivity contribution in [2.24, 2.45) is 0 Å². The number of carbonyl (C=O) groups excluding carboxylic acids is 2. The Balaban J connectivity index is 1.24. The molecule has 1 saturated heterocycles. The molecule has 2 aliphatic heterocycles. The minimum absolute atomic E-state index is 0.0533. The number of aliphatic carboxylic acids is 1. The third-order valence-corrected chi connectivity index (χ3v) is 9.95. The summed E-state index contributed by atoms with van der Waals surface area (Å²) in [6.07, 6.45) is 2.78. The second-order valence-electron chi connectivity index (χ2n) is 13.1. The van der Waals surface area contributed by atoms with Gasteiger partial charge in [0.05, 0.1) is 20.3 Å². The SMILES string of the molecule is COc1cc(CN(C(=O)C2=C(c3ccc(OCCOc4ccc(Br)cc4)cc3)CC3CN(C(=O)CCCC(=O)O)C[C@H]2N3)C2CC2)cc(OC)c1. The number of piperazine rings is 1. The molecule has 2 N–H and O–H groups in total. The van der Waals surface area contributed by atoms with E-state index >= 15 is 0 Å². The van der Waals surface area contributed by atoms with Crippen LogP contribution in [0.25, 0.3) is 5.57 Å². The average Bonchev–Trinajstić information content (AvgIpc) is 3.98. The molecule has 11 nitrogen and oxygen atoms in total. The third-order valence-electron chi connectivity index (χ3n) is 9.42. The molecule has 6 rings (SSSR count). The summed E-state index contributed by atoms with van der Waals surface area (Å²) in [4.78, 5) is 42.9. The molecule has 0 aromatic heterocycles. The van der Waals surface area contributed by atoms with Gasteiger partial charge in [0.15, 0.2) is 0 Å². The van der Waals surface area contributed by atoms with Crippen LogP contribution in [-0.2, 0) is 20.9 Å². The lowest BCUT2D eigenvalue weighted by molar-refractivity contribution is -0.138. The maximum Gasteiger partial charge on any atom is 0.303 e. The Kier molecular flexibility index (Phi) is 11.8.